The Labute approximate surface area is 72.8 Å². The second-order valence-electron chi connectivity index (χ2n) is 2.95. The molecule has 71 valence electrons. The molecule has 0 aromatic heterocycles. The maximum absolute atomic E-state index is 11.6. The summed E-state index contributed by atoms with van der Waals surface area (Å²) >= 11 is 0. The molecule has 0 aromatic rings. The Hall–Kier alpha value is -0.145. The van der Waals surface area contributed by atoms with Crippen LogP contribution in [0.3, 0.4) is 0 Å². The molecule has 12 heavy (non-hydrogen) atoms. The highest BCUT2D eigenvalue weighted by Crippen LogP contribution is 2.16. The summed E-state index contributed by atoms with van der Waals surface area (Å²) in [4.78, 5) is 0. The first-order valence-electron chi connectivity index (χ1n) is 4.47. The molecule has 0 aliphatic carbocycles. The lowest BCUT2D eigenvalue weighted by molar-refractivity contribution is -0.0472. The van der Waals surface area contributed by atoms with Crippen molar-refractivity contribution in [2.75, 3.05) is 0 Å². The third-order valence-electron chi connectivity index (χ3n) is 1.68. The highest BCUT2D eigenvalue weighted by atomic mass is 19.4. The van der Waals surface area contributed by atoms with Gasteiger partial charge in [0.05, 0.1) is 0 Å². The lowest BCUT2D eigenvalue weighted by Crippen LogP contribution is -2.17. The number of hydrogen-bond acceptors (Lipinski definition) is 0. The average Bonchev–Trinajstić information content (AvgIpc) is 1.94. The second kappa shape index (κ2) is 6.38. The van der Waals surface area contributed by atoms with Crippen molar-refractivity contribution in [3.63, 3.8) is 0 Å². The van der Waals surface area contributed by atoms with Crippen LogP contribution in [0.25, 0.3) is 0 Å². The summed E-state index contributed by atoms with van der Waals surface area (Å²) in [5, 5.41) is 0. The van der Waals surface area contributed by atoms with E-state index in [2.05, 4.69) is 6.92 Å². The molecule has 0 saturated heterocycles. The van der Waals surface area contributed by atoms with Crippen molar-refractivity contribution in [1.82, 2.24) is 0 Å². The molecule has 0 bridgehead atoms. The minimum Gasteiger partial charge on any atom is -0.183 e. The molecule has 0 aliphatic heterocycles. The number of halogens is 3. The Bertz CT molecular complexity index is 101. The van der Waals surface area contributed by atoms with E-state index in [1.54, 1.807) is 0 Å². The Morgan fingerprint density at radius 3 is 2.08 bits per heavy atom. The zero-order valence-corrected chi connectivity index (χ0v) is 7.45. The molecule has 0 atom stereocenters. The van der Waals surface area contributed by atoms with Crippen LogP contribution in [0.4, 0.5) is 13.2 Å². The standard InChI is InChI=1S/C8H15BF3/c1-2-3-4-5-6-7-9-8(10,11)12/h2-7H2,1H3. The molecule has 0 saturated carbocycles. The Kier molecular flexibility index (Phi) is 6.30. The third-order valence-corrected chi connectivity index (χ3v) is 1.68. The smallest absolute Gasteiger partial charge is 0.183 e. The molecule has 0 spiro atoms. The zero-order valence-electron chi connectivity index (χ0n) is 7.45. The fourth-order valence-corrected chi connectivity index (χ4v) is 1.01. The van der Waals surface area contributed by atoms with Gasteiger partial charge in [-0.05, 0) is 0 Å². The molecular formula is C8H15BF3. The van der Waals surface area contributed by atoms with Gasteiger partial charge in [0.25, 0.3) is 7.28 Å². The van der Waals surface area contributed by atoms with Gasteiger partial charge in [-0.1, -0.05) is 45.3 Å². The second-order valence-corrected chi connectivity index (χ2v) is 2.95. The summed E-state index contributed by atoms with van der Waals surface area (Å²) in [7, 11) is 0.443. The van der Waals surface area contributed by atoms with Gasteiger partial charge in [-0.2, -0.15) is 13.2 Å². The summed E-state index contributed by atoms with van der Waals surface area (Å²) in [5.74, 6) is 0. The monoisotopic (exact) mass is 179 g/mol. The predicted octanol–water partition coefficient (Wildman–Crippen LogP) is 3.60. The number of alkyl halides is 3. The third kappa shape index (κ3) is 9.85. The maximum atomic E-state index is 11.6. The van der Waals surface area contributed by atoms with Crippen LogP contribution in [-0.2, 0) is 0 Å². The van der Waals surface area contributed by atoms with Crippen molar-refractivity contribution in [2.45, 2.75) is 51.4 Å². The van der Waals surface area contributed by atoms with Gasteiger partial charge in [0.2, 0.25) is 0 Å². The molecular weight excluding hydrogens is 164 g/mol. The van der Waals surface area contributed by atoms with Gasteiger partial charge in [-0.15, -0.1) is 0 Å². The van der Waals surface area contributed by atoms with Crippen LogP contribution < -0.4 is 0 Å². The van der Waals surface area contributed by atoms with E-state index >= 15 is 0 Å². The van der Waals surface area contributed by atoms with Gasteiger partial charge in [0.15, 0.2) is 0 Å². The lowest BCUT2D eigenvalue weighted by atomic mass is 9.72. The molecule has 0 fully saturated rings. The van der Waals surface area contributed by atoms with Gasteiger partial charge < -0.3 is 0 Å². The summed E-state index contributed by atoms with van der Waals surface area (Å²) in [6.45, 7) is 2.09. The van der Waals surface area contributed by atoms with Crippen molar-refractivity contribution in [1.29, 1.82) is 0 Å². The Morgan fingerprint density at radius 2 is 1.58 bits per heavy atom. The molecule has 0 N–H and O–H groups in total. The van der Waals surface area contributed by atoms with E-state index in [-0.39, 0.29) is 6.32 Å². The van der Waals surface area contributed by atoms with E-state index in [9.17, 15) is 13.2 Å². The molecule has 0 nitrogen and oxygen atoms in total. The fourth-order valence-electron chi connectivity index (χ4n) is 1.01. The van der Waals surface area contributed by atoms with Crippen LogP contribution in [0, 0.1) is 0 Å². The van der Waals surface area contributed by atoms with E-state index in [1.807, 2.05) is 0 Å². The molecule has 1 radical (unpaired) electrons. The summed E-state index contributed by atoms with van der Waals surface area (Å²) in [6.07, 6.45) is 0.995. The molecule has 4 heteroatoms. The minimum absolute atomic E-state index is 0.174. The quantitative estimate of drug-likeness (QED) is 0.431. The molecule has 0 rings (SSSR count). The van der Waals surface area contributed by atoms with E-state index in [1.165, 1.54) is 0 Å². The van der Waals surface area contributed by atoms with Gasteiger partial charge >= 0.3 is 6.08 Å². The molecule has 0 aliphatic rings. The average molecular weight is 179 g/mol. The van der Waals surface area contributed by atoms with Crippen molar-refractivity contribution < 1.29 is 13.2 Å². The van der Waals surface area contributed by atoms with Gasteiger partial charge in [-0.25, -0.2) is 0 Å². The Balaban J connectivity index is 3.01. The largest absolute Gasteiger partial charge is 0.338 e. The summed E-state index contributed by atoms with van der Waals surface area (Å²) in [5.41, 5.74) is 0. The highest BCUT2D eigenvalue weighted by Gasteiger charge is 2.26. The van der Waals surface area contributed by atoms with E-state index in [0.717, 1.165) is 25.7 Å². The fraction of sp³-hybridized carbons (Fsp3) is 1.00. The number of unbranched alkanes of at least 4 members (excludes halogenated alkanes) is 4. The van der Waals surface area contributed by atoms with Crippen molar-refractivity contribution in [3.05, 3.63) is 0 Å². The predicted molar refractivity (Wildman–Crippen MR) is 45.4 cm³/mol. The van der Waals surface area contributed by atoms with Gasteiger partial charge in [0.1, 0.15) is 0 Å². The van der Waals surface area contributed by atoms with Crippen LogP contribution >= 0.6 is 0 Å². The van der Waals surface area contributed by atoms with Crippen molar-refractivity contribution in [2.24, 2.45) is 0 Å². The number of rotatable bonds is 6. The first kappa shape index (κ1) is 11.9. The topological polar surface area (TPSA) is 0 Å². The molecule has 0 unspecified atom stereocenters. The Morgan fingerprint density at radius 1 is 1.00 bits per heavy atom. The van der Waals surface area contributed by atoms with E-state index in [0.29, 0.717) is 13.7 Å². The molecule has 0 aromatic carbocycles. The van der Waals surface area contributed by atoms with Crippen LogP contribution in [0.1, 0.15) is 39.0 Å². The van der Waals surface area contributed by atoms with Crippen LogP contribution in [0.2, 0.25) is 6.32 Å². The SMILES string of the molecule is CCCCCCC[B]C(F)(F)F. The zero-order chi connectivity index (χ0) is 9.45. The van der Waals surface area contributed by atoms with Gasteiger partial charge in [0, 0.05) is 0 Å². The highest BCUT2D eigenvalue weighted by molar-refractivity contribution is 6.37. The van der Waals surface area contributed by atoms with Crippen LogP contribution in [0.5, 0.6) is 0 Å². The lowest BCUT2D eigenvalue weighted by Gasteiger charge is -2.03. The van der Waals surface area contributed by atoms with Gasteiger partial charge in [-0.3, -0.25) is 0 Å². The summed E-state index contributed by atoms with van der Waals surface area (Å²) in [6, 6.07) is 0. The first-order chi connectivity index (χ1) is 5.56. The number of hydrogen-bond donors (Lipinski definition) is 0. The van der Waals surface area contributed by atoms with Crippen LogP contribution in [0.15, 0.2) is 0 Å². The summed E-state index contributed by atoms with van der Waals surface area (Å²) < 4.78 is 34.7. The van der Waals surface area contributed by atoms with E-state index in [4.69, 9.17) is 0 Å². The molecule has 0 amide bonds. The normalized spacial score (nSPS) is 11.7. The maximum Gasteiger partial charge on any atom is 0.338 e. The molecule has 0 heterocycles. The van der Waals surface area contributed by atoms with Crippen molar-refractivity contribution in [3.8, 4) is 0 Å². The van der Waals surface area contributed by atoms with Crippen LogP contribution in [-0.4, -0.2) is 13.4 Å². The minimum atomic E-state index is -4.08. The van der Waals surface area contributed by atoms with E-state index < -0.39 is 6.08 Å². The first-order valence-corrected chi connectivity index (χ1v) is 4.47. The van der Waals surface area contributed by atoms with Crippen molar-refractivity contribution >= 4 is 7.28 Å².